The zero-order valence-electron chi connectivity index (χ0n) is 13.5. The van der Waals surface area contributed by atoms with Gasteiger partial charge in [-0.05, 0) is 26.0 Å². The number of rotatable bonds is 5. The number of benzene rings is 1. The van der Waals surface area contributed by atoms with E-state index in [1.807, 2.05) is 43.5 Å². The van der Waals surface area contributed by atoms with Crippen molar-refractivity contribution in [3.8, 4) is 16.3 Å². The zero-order valence-corrected chi connectivity index (χ0v) is 15.2. The molecule has 24 heavy (non-hydrogen) atoms. The number of hydrogen-bond donors (Lipinski definition) is 0. The Bertz CT molecular complexity index is 870. The largest absolute Gasteiger partial charge is 0.497 e. The van der Waals surface area contributed by atoms with Crippen LogP contribution in [0.5, 0.6) is 5.75 Å². The first kappa shape index (κ1) is 16.6. The van der Waals surface area contributed by atoms with E-state index in [9.17, 15) is 4.79 Å². The van der Waals surface area contributed by atoms with Crippen LogP contribution in [-0.4, -0.2) is 23.0 Å². The minimum Gasteiger partial charge on any atom is -0.497 e. The highest BCUT2D eigenvalue weighted by Gasteiger charge is 2.16. The molecule has 0 radical (unpaired) electrons. The van der Waals surface area contributed by atoms with Crippen LogP contribution in [0.25, 0.3) is 10.6 Å². The Balaban J connectivity index is 1.68. The number of esters is 1. The van der Waals surface area contributed by atoms with Crippen LogP contribution in [0.4, 0.5) is 0 Å². The number of methoxy groups -OCH3 is 1. The minimum absolute atomic E-state index is 0.149. The standard InChI is InChI=1S/C17H16N2O3S2/c1-10-15(24-11(2)18-10)17(20)22-8-13-9-23-16(19-13)12-5-4-6-14(7-12)21-3/h4-7,9H,8H2,1-3H3. The lowest BCUT2D eigenvalue weighted by molar-refractivity contribution is 0.0473. The molecule has 0 atom stereocenters. The summed E-state index contributed by atoms with van der Waals surface area (Å²) in [6, 6.07) is 7.71. The van der Waals surface area contributed by atoms with Crippen molar-refractivity contribution in [3.05, 3.63) is 50.9 Å². The van der Waals surface area contributed by atoms with E-state index in [4.69, 9.17) is 9.47 Å². The van der Waals surface area contributed by atoms with Crippen LogP contribution in [0.3, 0.4) is 0 Å². The van der Waals surface area contributed by atoms with E-state index in [0.717, 1.165) is 27.0 Å². The van der Waals surface area contributed by atoms with E-state index in [-0.39, 0.29) is 12.6 Å². The van der Waals surface area contributed by atoms with E-state index >= 15 is 0 Å². The van der Waals surface area contributed by atoms with Crippen LogP contribution >= 0.6 is 22.7 Å². The van der Waals surface area contributed by atoms with Crippen molar-refractivity contribution in [1.82, 2.24) is 9.97 Å². The molecule has 0 bridgehead atoms. The first-order valence-corrected chi connectivity index (χ1v) is 8.96. The van der Waals surface area contributed by atoms with E-state index in [2.05, 4.69) is 9.97 Å². The first-order chi connectivity index (χ1) is 11.6. The summed E-state index contributed by atoms with van der Waals surface area (Å²) in [6.07, 6.45) is 0. The molecule has 0 fully saturated rings. The molecule has 7 heteroatoms. The number of hydrogen-bond acceptors (Lipinski definition) is 7. The molecule has 0 aliphatic rings. The molecule has 0 saturated carbocycles. The van der Waals surface area contributed by atoms with E-state index in [0.29, 0.717) is 10.6 Å². The van der Waals surface area contributed by atoms with Crippen molar-refractivity contribution in [2.24, 2.45) is 0 Å². The van der Waals surface area contributed by atoms with Crippen molar-refractivity contribution >= 4 is 28.6 Å². The predicted molar refractivity (Wildman–Crippen MR) is 94.8 cm³/mol. The number of thiazole rings is 2. The van der Waals surface area contributed by atoms with Gasteiger partial charge in [-0.25, -0.2) is 14.8 Å². The molecule has 5 nitrogen and oxygen atoms in total. The van der Waals surface area contributed by atoms with Gasteiger partial charge in [-0.2, -0.15) is 0 Å². The number of carbonyl (C=O) groups is 1. The second-order valence-corrected chi connectivity index (χ2v) is 7.16. The van der Waals surface area contributed by atoms with Crippen molar-refractivity contribution < 1.29 is 14.3 Å². The minimum atomic E-state index is -0.353. The topological polar surface area (TPSA) is 61.3 Å². The lowest BCUT2D eigenvalue weighted by Crippen LogP contribution is -2.05. The van der Waals surface area contributed by atoms with Gasteiger partial charge in [-0.3, -0.25) is 0 Å². The third-order valence-corrected chi connectivity index (χ3v) is 5.30. The molecule has 2 aromatic heterocycles. The maximum atomic E-state index is 12.1. The van der Waals surface area contributed by atoms with Crippen molar-refractivity contribution in [2.75, 3.05) is 7.11 Å². The number of aromatic nitrogens is 2. The summed E-state index contributed by atoms with van der Waals surface area (Å²) in [5, 5.41) is 3.62. The third kappa shape index (κ3) is 3.63. The highest BCUT2D eigenvalue weighted by molar-refractivity contribution is 7.13. The second kappa shape index (κ2) is 7.11. The van der Waals surface area contributed by atoms with Gasteiger partial charge in [0.1, 0.15) is 22.2 Å². The van der Waals surface area contributed by atoms with Gasteiger partial charge in [0.2, 0.25) is 0 Å². The number of carbonyl (C=O) groups excluding carboxylic acids is 1. The van der Waals surface area contributed by atoms with Gasteiger partial charge in [0.25, 0.3) is 0 Å². The van der Waals surface area contributed by atoms with Gasteiger partial charge in [0, 0.05) is 10.9 Å². The monoisotopic (exact) mass is 360 g/mol. The molecule has 2 heterocycles. The molecule has 0 amide bonds. The fourth-order valence-electron chi connectivity index (χ4n) is 2.19. The molecule has 0 aliphatic carbocycles. The van der Waals surface area contributed by atoms with Gasteiger partial charge in [-0.15, -0.1) is 22.7 Å². The third-order valence-electron chi connectivity index (χ3n) is 3.31. The fourth-order valence-corrected chi connectivity index (χ4v) is 3.80. The Kier molecular flexibility index (Phi) is 4.92. The summed E-state index contributed by atoms with van der Waals surface area (Å²) in [6.45, 7) is 3.83. The smallest absolute Gasteiger partial charge is 0.350 e. The van der Waals surface area contributed by atoms with Crippen molar-refractivity contribution in [3.63, 3.8) is 0 Å². The number of aryl methyl sites for hydroxylation is 2. The maximum Gasteiger partial charge on any atom is 0.350 e. The normalized spacial score (nSPS) is 10.6. The highest BCUT2D eigenvalue weighted by Crippen LogP contribution is 2.27. The van der Waals surface area contributed by atoms with Crippen LogP contribution in [0.2, 0.25) is 0 Å². The predicted octanol–water partition coefficient (Wildman–Crippen LogP) is 4.25. The van der Waals surface area contributed by atoms with Gasteiger partial charge in [0.15, 0.2) is 0 Å². The molecule has 0 spiro atoms. The quantitative estimate of drug-likeness (QED) is 0.637. The molecule has 124 valence electrons. The van der Waals surface area contributed by atoms with E-state index in [1.165, 1.54) is 22.7 Å². The van der Waals surface area contributed by atoms with Crippen LogP contribution in [0.15, 0.2) is 29.6 Å². The van der Waals surface area contributed by atoms with Gasteiger partial charge in [0.05, 0.1) is 23.5 Å². The van der Waals surface area contributed by atoms with Crippen molar-refractivity contribution in [1.29, 1.82) is 0 Å². The summed E-state index contributed by atoms with van der Waals surface area (Å²) >= 11 is 2.86. The Hall–Kier alpha value is -2.25. The lowest BCUT2D eigenvalue weighted by Gasteiger charge is -2.02. The van der Waals surface area contributed by atoms with Crippen LogP contribution < -0.4 is 4.74 Å². The number of nitrogens with zero attached hydrogens (tertiary/aromatic N) is 2. The van der Waals surface area contributed by atoms with Gasteiger partial charge >= 0.3 is 5.97 Å². The number of ether oxygens (including phenoxy) is 2. The van der Waals surface area contributed by atoms with Crippen LogP contribution in [-0.2, 0) is 11.3 Å². The SMILES string of the molecule is COc1cccc(-c2nc(COC(=O)c3sc(C)nc3C)cs2)c1. The molecule has 1 aromatic carbocycles. The lowest BCUT2D eigenvalue weighted by atomic mass is 10.2. The Morgan fingerprint density at radius 2 is 2.08 bits per heavy atom. The fraction of sp³-hybridized carbons (Fsp3) is 0.235. The summed E-state index contributed by atoms with van der Waals surface area (Å²) in [4.78, 5) is 21.4. The molecule has 3 aromatic rings. The molecular formula is C17H16N2O3S2. The first-order valence-electron chi connectivity index (χ1n) is 7.27. The molecule has 0 N–H and O–H groups in total. The van der Waals surface area contributed by atoms with Crippen LogP contribution in [0, 0.1) is 13.8 Å². The van der Waals surface area contributed by atoms with Crippen LogP contribution in [0.1, 0.15) is 26.1 Å². The Labute approximate surface area is 147 Å². The average molecular weight is 360 g/mol. The van der Waals surface area contributed by atoms with Crippen molar-refractivity contribution in [2.45, 2.75) is 20.5 Å². The van der Waals surface area contributed by atoms with E-state index < -0.39 is 0 Å². The molecule has 3 rings (SSSR count). The maximum absolute atomic E-state index is 12.1. The highest BCUT2D eigenvalue weighted by atomic mass is 32.1. The Morgan fingerprint density at radius 3 is 2.79 bits per heavy atom. The molecule has 0 saturated heterocycles. The molecule has 0 aliphatic heterocycles. The summed E-state index contributed by atoms with van der Waals surface area (Å²) in [7, 11) is 1.63. The molecular weight excluding hydrogens is 344 g/mol. The Morgan fingerprint density at radius 1 is 1.25 bits per heavy atom. The average Bonchev–Trinajstić information content (AvgIpc) is 3.19. The van der Waals surface area contributed by atoms with E-state index in [1.54, 1.807) is 7.11 Å². The second-order valence-electron chi connectivity index (χ2n) is 5.10. The van der Waals surface area contributed by atoms with Gasteiger partial charge in [-0.1, -0.05) is 12.1 Å². The summed E-state index contributed by atoms with van der Waals surface area (Å²) in [5.41, 5.74) is 2.41. The van der Waals surface area contributed by atoms with Gasteiger partial charge < -0.3 is 9.47 Å². The molecule has 0 unspecified atom stereocenters. The summed E-state index contributed by atoms with van der Waals surface area (Å²) < 4.78 is 10.6. The zero-order chi connectivity index (χ0) is 17.1. The summed E-state index contributed by atoms with van der Waals surface area (Å²) in [5.74, 6) is 0.431.